The highest BCUT2D eigenvalue weighted by Crippen LogP contribution is 2.33. The standard InChI is InChI=1S/C15H18O5.C6H12O3/c1-2-9-3-5-10(6-4-9)15-18-8-12-14(20-15)11(16)7-13(17)19-12;7-4-6-3-5(8)1-2-9-6/h2-6,11-17H,1,7-8H2;5-8H,1-4H2/t11?,12?,13-,14-,15?;/m0./s1. The minimum Gasteiger partial charge on any atom is -0.394 e. The molecule has 3 saturated heterocycles. The number of aliphatic hydroxyl groups is 4. The van der Waals surface area contributed by atoms with Crippen LogP contribution in [0.5, 0.6) is 0 Å². The van der Waals surface area contributed by atoms with Gasteiger partial charge in [-0.25, -0.2) is 0 Å². The lowest BCUT2D eigenvalue weighted by Gasteiger charge is -2.43. The van der Waals surface area contributed by atoms with Gasteiger partial charge in [-0.05, 0) is 12.0 Å². The number of aliphatic hydroxyl groups excluding tert-OH is 4. The monoisotopic (exact) mass is 410 g/mol. The van der Waals surface area contributed by atoms with E-state index in [1.165, 1.54) is 0 Å². The maximum Gasteiger partial charge on any atom is 0.184 e. The van der Waals surface area contributed by atoms with Crippen LogP contribution in [-0.4, -0.2) is 77.1 Å². The maximum absolute atomic E-state index is 9.99. The van der Waals surface area contributed by atoms with Crippen molar-refractivity contribution >= 4 is 6.08 Å². The van der Waals surface area contributed by atoms with Gasteiger partial charge in [-0.3, -0.25) is 0 Å². The van der Waals surface area contributed by atoms with Gasteiger partial charge in [0.25, 0.3) is 0 Å². The quantitative estimate of drug-likeness (QED) is 0.576. The van der Waals surface area contributed by atoms with E-state index in [1.807, 2.05) is 24.3 Å². The minimum absolute atomic E-state index is 0.0249. The van der Waals surface area contributed by atoms with Gasteiger partial charge < -0.3 is 39.4 Å². The molecule has 0 bridgehead atoms. The Morgan fingerprint density at radius 2 is 1.79 bits per heavy atom. The Hall–Kier alpha value is -1.36. The van der Waals surface area contributed by atoms with Crippen LogP contribution in [0.25, 0.3) is 6.08 Å². The second-order valence-corrected chi connectivity index (χ2v) is 7.42. The van der Waals surface area contributed by atoms with Crippen LogP contribution in [0.15, 0.2) is 30.8 Å². The van der Waals surface area contributed by atoms with Gasteiger partial charge in [0.1, 0.15) is 12.2 Å². The van der Waals surface area contributed by atoms with Crippen LogP contribution < -0.4 is 0 Å². The van der Waals surface area contributed by atoms with E-state index in [-0.39, 0.29) is 31.8 Å². The summed E-state index contributed by atoms with van der Waals surface area (Å²) in [6.07, 6.45) is -0.329. The number of ether oxygens (including phenoxy) is 4. The summed E-state index contributed by atoms with van der Waals surface area (Å²) in [4.78, 5) is 0. The van der Waals surface area contributed by atoms with E-state index in [1.54, 1.807) is 6.08 Å². The molecule has 8 heteroatoms. The Kier molecular flexibility index (Phi) is 8.16. The van der Waals surface area contributed by atoms with Crippen molar-refractivity contribution in [2.24, 2.45) is 0 Å². The van der Waals surface area contributed by atoms with Crippen LogP contribution in [0.4, 0.5) is 0 Å². The van der Waals surface area contributed by atoms with Crippen LogP contribution in [0, 0.1) is 0 Å². The molecule has 7 atom stereocenters. The third-order valence-electron chi connectivity index (χ3n) is 5.20. The molecule has 3 aliphatic heterocycles. The first-order valence-electron chi connectivity index (χ1n) is 9.91. The van der Waals surface area contributed by atoms with Crippen molar-refractivity contribution in [1.29, 1.82) is 0 Å². The predicted molar refractivity (Wildman–Crippen MR) is 104 cm³/mol. The molecule has 4 N–H and O–H groups in total. The molecule has 0 radical (unpaired) electrons. The third-order valence-corrected chi connectivity index (χ3v) is 5.20. The average molecular weight is 410 g/mol. The fourth-order valence-corrected chi connectivity index (χ4v) is 3.55. The number of benzene rings is 1. The lowest BCUT2D eigenvalue weighted by atomic mass is 10.0. The van der Waals surface area contributed by atoms with Crippen LogP contribution in [0.2, 0.25) is 0 Å². The molecule has 3 fully saturated rings. The molecule has 0 spiro atoms. The molecule has 3 heterocycles. The van der Waals surface area contributed by atoms with Crippen molar-refractivity contribution in [1.82, 2.24) is 0 Å². The van der Waals surface area contributed by atoms with E-state index in [0.717, 1.165) is 11.1 Å². The molecule has 162 valence electrons. The van der Waals surface area contributed by atoms with E-state index in [9.17, 15) is 10.2 Å². The molecule has 0 aromatic heterocycles. The van der Waals surface area contributed by atoms with Gasteiger partial charge >= 0.3 is 0 Å². The summed E-state index contributed by atoms with van der Waals surface area (Å²) in [6.45, 7) is 4.59. The smallest absolute Gasteiger partial charge is 0.184 e. The van der Waals surface area contributed by atoms with Gasteiger partial charge in [0.15, 0.2) is 12.6 Å². The zero-order valence-electron chi connectivity index (χ0n) is 16.3. The topological polar surface area (TPSA) is 118 Å². The van der Waals surface area contributed by atoms with E-state index in [2.05, 4.69) is 6.58 Å². The Bertz CT molecular complexity index is 636. The highest BCUT2D eigenvalue weighted by molar-refractivity contribution is 5.47. The van der Waals surface area contributed by atoms with Crippen molar-refractivity contribution in [3.63, 3.8) is 0 Å². The summed E-state index contributed by atoms with van der Waals surface area (Å²) >= 11 is 0. The SMILES string of the molecule is C=Cc1ccc(C2OCC3O[C@H](O)CC(O)[C@@H]3O2)cc1.OCC1CC(O)CCO1. The lowest BCUT2D eigenvalue weighted by molar-refractivity contribution is -0.331. The minimum atomic E-state index is -0.957. The fraction of sp³-hybridized carbons (Fsp3) is 0.619. The Morgan fingerprint density at radius 1 is 1.03 bits per heavy atom. The van der Waals surface area contributed by atoms with Crippen molar-refractivity contribution in [3.05, 3.63) is 42.0 Å². The van der Waals surface area contributed by atoms with Crippen molar-refractivity contribution in [3.8, 4) is 0 Å². The maximum atomic E-state index is 9.99. The van der Waals surface area contributed by atoms with E-state index >= 15 is 0 Å². The first-order chi connectivity index (χ1) is 14.0. The molecule has 4 rings (SSSR count). The summed E-state index contributed by atoms with van der Waals surface area (Å²) in [5.41, 5.74) is 1.90. The van der Waals surface area contributed by atoms with E-state index in [4.69, 9.17) is 29.2 Å². The summed E-state index contributed by atoms with van der Waals surface area (Å²) in [5, 5.41) is 37.0. The Morgan fingerprint density at radius 3 is 2.41 bits per heavy atom. The zero-order valence-corrected chi connectivity index (χ0v) is 16.3. The number of rotatable bonds is 3. The van der Waals surface area contributed by atoms with E-state index < -0.39 is 30.9 Å². The average Bonchev–Trinajstić information content (AvgIpc) is 2.74. The van der Waals surface area contributed by atoms with Gasteiger partial charge in [-0.2, -0.15) is 0 Å². The first-order valence-corrected chi connectivity index (χ1v) is 9.91. The zero-order chi connectivity index (χ0) is 20.8. The highest BCUT2D eigenvalue weighted by atomic mass is 16.7. The van der Waals surface area contributed by atoms with Gasteiger partial charge in [-0.1, -0.05) is 36.9 Å². The van der Waals surface area contributed by atoms with Crippen LogP contribution in [0.3, 0.4) is 0 Å². The molecule has 5 unspecified atom stereocenters. The largest absolute Gasteiger partial charge is 0.394 e. The summed E-state index contributed by atoms with van der Waals surface area (Å²) in [7, 11) is 0. The van der Waals surface area contributed by atoms with Gasteiger partial charge in [0.2, 0.25) is 0 Å². The Labute approximate surface area is 170 Å². The van der Waals surface area contributed by atoms with Crippen molar-refractivity contribution < 1.29 is 39.4 Å². The van der Waals surface area contributed by atoms with Crippen molar-refractivity contribution in [2.75, 3.05) is 19.8 Å². The second kappa shape index (κ2) is 10.6. The molecule has 0 aliphatic carbocycles. The predicted octanol–water partition coefficient (Wildman–Crippen LogP) is 0.730. The first kappa shape index (κ1) is 22.3. The van der Waals surface area contributed by atoms with E-state index in [0.29, 0.717) is 19.4 Å². The van der Waals surface area contributed by atoms with Crippen LogP contribution in [0.1, 0.15) is 36.7 Å². The van der Waals surface area contributed by atoms with Crippen LogP contribution >= 0.6 is 0 Å². The molecule has 8 nitrogen and oxygen atoms in total. The number of hydrogen-bond acceptors (Lipinski definition) is 8. The summed E-state index contributed by atoms with van der Waals surface area (Å²) in [6, 6.07) is 7.68. The molecule has 1 aromatic rings. The number of fused-ring (bicyclic) bond motifs is 1. The summed E-state index contributed by atoms with van der Waals surface area (Å²) in [5.74, 6) is 0. The Balaban J connectivity index is 0.000000224. The molecular formula is C21H30O8. The molecule has 29 heavy (non-hydrogen) atoms. The molecule has 0 amide bonds. The van der Waals surface area contributed by atoms with Gasteiger partial charge in [-0.15, -0.1) is 0 Å². The summed E-state index contributed by atoms with van der Waals surface area (Å²) < 4.78 is 21.8. The molecular weight excluding hydrogens is 380 g/mol. The highest BCUT2D eigenvalue weighted by Gasteiger charge is 2.43. The number of hydrogen-bond donors (Lipinski definition) is 4. The third kappa shape index (κ3) is 6.07. The van der Waals surface area contributed by atoms with Gasteiger partial charge in [0, 0.05) is 25.0 Å². The lowest BCUT2D eigenvalue weighted by Crippen LogP contribution is -2.54. The van der Waals surface area contributed by atoms with Crippen molar-refractivity contribution in [2.45, 2.75) is 62.4 Å². The molecule has 3 aliphatic rings. The molecule has 1 aromatic carbocycles. The normalized spacial score (nSPS) is 37.0. The molecule has 0 saturated carbocycles. The second-order valence-electron chi connectivity index (χ2n) is 7.42. The van der Waals surface area contributed by atoms with Crippen LogP contribution in [-0.2, 0) is 18.9 Å². The fourth-order valence-electron chi connectivity index (χ4n) is 3.55. The van der Waals surface area contributed by atoms with Gasteiger partial charge in [0.05, 0.1) is 31.5 Å².